The Balaban J connectivity index is 0.000000445. The molecule has 0 N–H and O–H groups in total. The number of benzene rings is 2. The summed E-state index contributed by atoms with van der Waals surface area (Å²) >= 11 is 0. The zero-order valence-electron chi connectivity index (χ0n) is 13.9. The smallest absolute Gasteiger partial charge is 0.204 e. The first-order chi connectivity index (χ1) is 13.4. The molecule has 170 valence electrons. The van der Waals surface area contributed by atoms with Crippen molar-refractivity contribution >= 4 is 0 Å². The van der Waals surface area contributed by atoms with Crippen LogP contribution in [0.4, 0.5) is 61.5 Å². The fourth-order valence-electron chi connectivity index (χ4n) is 1.49. The zero-order chi connectivity index (χ0) is 23.9. The highest BCUT2D eigenvalue weighted by molar-refractivity contribution is 5.12. The summed E-state index contributed by atoms with van der Waals surface area (Å²) in [6.07, 6.45) is -19.1. The number of halogens is 14. The predicted octanol–water partition coefficient (Wildman–Crippen LogP) is 7.36. The molecular weight excluding hydrogens is 458 g/mol. The molecule has 0 amide bonds. The lowest BCUT2D eigenvalue weighted by Crippen LogP contribution is -2.46. The number of rotatable bonds is 0. The van der Waals surface area contributed by atoms with Crippen LogP contribution in [0.5, 0.6) is 0 Å². The van der Waals surface area contributed by atoms with Crippen LogP contribution in [0.3, 0.4) is 0 Å². The quantitative estimate of drug-likeness (QED) is 0.216. The molecule has 0 aliphatic heterocycles. The molecule has 0 bridgehead atoms. The molecule has 14 heteroatoms. The van der Waals surface area contributed by atoms with Crippen LogP contribution < -0.4 is 0 Å². The third-order valence-corrected chi connectivity index (χ3v) is 2.71. The minimum absolute atomic E-state index is 0.0618. The van der Waals surface area contributed by atoms with E-state index in [9.17, 15) is 61.5 Å². The van der Waals surface area contributed by atoms with Gasteiger partial charge in [-0.25, -0.2) is 22.0 Å². The molecule has 0 nitrogen and oxygen atoms in total. The van der Waals surface area contributed by atoms with Crippen molar-refractivity contribution < 1.29 is 61.5 Å². The Morgan fingerprint density at radius 1 is 0.433 bits per heavy atom. The summed E-state index contributed by atoms with van der Waals surface area (Å²) in [4.78, 5) is 0. The molecule has 2 rings (SSSR count). The maximum Gasteiger partial charge on any atom is 0.409 e. The van der Waals surface area contributed by atoms with Crippen molar-refractivity contribution in [2.24, 2.45) is 5.92 Å². The maximum atomic E-state index is 12.0. The molecule has 0 fully saturated rings. The van der Waals surface area contributed by atoms with Crippen molar-refractivity contribution in [3.05, 3.63) is 71.6 Å². The molecule has 0 aliphatic rings. The van der Waals surface area contributed by atoms with E-state index in [-0.39, 0.29) is 6.07 Å². The van der Waals surface area contributed by atoms with E-state index in [2.05, 4.69) is 0 Å². The van der Waals surface area contributed by atoms with Crippen LogP contribution in [-0.2, 0) is 0 Å². The first-order valence-corrected chi connectivity index (χ1v) is 7.09. The summed E-state index contributed by atoms with van der Waals surface area (Å²) in [7, 11) is 0. The van der Waals surface area contributed by atoms with Crippen LogP contribution in [0, 0.1) is 35.0 Å². The average Bonchev–Trinajstić information content (AvgIpc) is 2.57. The Kier molecular flexibility index (Phi) is 9.59. The Hall–Kier alpha value is -2.54. The van der Waals surface area contributed by atoms with Gasteiger partial charge in [-0.15, -0.1) is 0 Å². The van der Waals surface area contributed by atoms with Gasteiger partial charge in [0.1, 0.15) is 0 Å². The van der Waals surface area contributed by atoms with Crippen molar-refractivity contribution in [2.75, 3.05) is 0 Å². The Labute approximate surface area is 158 Å². The third kappa shape index (κ3) is 8.86. The molecule has 0 aromatic heterocycles. The van der Waals surface area contributed by atoms with E-state index in [0.717, 1.165) is 0 Å². The molecule has 30 heavy (non-hydrogen) atoms. The molecular formula is C16H8F14. The number of hydrogen-bond acceptors (Lipinski definition) is 0. The van der Waals surface area contributed by atoms with E-state index in [1.807, 2.05) is 36.4 Å². The van der Waals surface area contributed by atoms with Gasteiger partial charge in [0.25, 0.3) is 0 Å². The summed E-state index contributed by atoms with van der Waals surface area (Å²) in [5.41, 5.74) is 0. The first-order valence-electron chi connectivity index (χ1n) is 7.09. The van der Waals surface area contributed by atoms with Gasteiger partial charge in [-0.2, -0.15) is 39.5 Å². The van der Waals surface area contributed by atoms with E-state index in [1.165, 1.54) is 0 Å². The minimum Gasteiger partial charge on any atom is -0.204 e. The summed E-state index contributed by atoms with van der Waals surface area (Å²) in [5, 5.41) is 0. The standard InChI is InChI=1S/C6HF5.C6H6.C4HF9/c7-2-1-3(8)5(10)6(11)4(2)9;1-2-4-6-5-3-1;5-2(6,7)1(3(8,9)10)4(11,12)13/h1H;1-6H;1H. The van der Waals surface area contributed by atoms with Gasteiger partial charge in [0.05, 0.1) is 0 Å². The topological polar surface area (TPSA) is 0 Å². The second-order valence-corrected chi connectivity index (χ2v) is 4.99. The minimum atomic E-state index is -6.36. The number of alkyl halides is 9. The van der Waals surface area contributed by atoms with Crippen molar-refractivity contribution in [1.82, 2.24) is 0 Å². The highest BCUT2D eigenvalue weighted by Gasteiger charge is 2.69. The molecule has 2 aromatic carbocycles. The summed E-state index contributed by atoms with van der Waals surface area (Å²) in [6, 6.07) is 11.9. The third-order valence-electron chi connectivity index (χ3n) is 2.71. The molecule has 0 atom stereocenters. The zero-order valence-corrected chi connectivity index (χ0v) is 13.9. The second kappa shape index (κ2) is 10.5. The highest BCUT2D eigenvalue weighted by atomic mass is 19.4. The molecule has 2 aromatic rings. The van der Waals surface area contributed by atoms with Crippen molar-refractivity contribution in [2.45, 2.75) is 18.5 Å². The van der Waals surface area contributed by atoms with Gasteiger partial charge in [0, 0.05) is 6.07 Å². The highest BCUT2D eigenvalue weighted by Crippen LogP contribution is 2.48. The van der Waals surface area contributed by atoms with E-state index >= 15 is 0 Å². The Morgan fingerprint density at radius 3 is 0.833 bits per heavy atom. The maximum absolute atomic E-state index is 12.0. The monoisotopic (exact) mass is 466 g/mol. The largest absolute Gasteiger partial charge is 0.409 e. The molecule has 0 saturated carbocycles. The molecule has 0 radical (unpaired) electrons. The van der Waals surface area contributed by atoms with Gasteiger partial charge >= 0.3 is 18.5 Å². The summed E-state index contributed by atoms with van der Waals surface area (Å²) in [5.74, 6) is -14.9. The van der Waals surface area contributed by atoms with Gasteiger partial charge in [-0.3, -0.25) is 0 Å². The van der Waals surface area contributed by atoms with Gasteiger partial charge in [-0.1, -0.05) is 36.4 Å². The van der Waals surface area contributed by atoms with E-state index in [1.54, 1.807) is 0 Å². The van der Waals surface area contributed by atoms with Crippen LogP contribution in [0.1, 0.15) is 0 Å². The van der Waals surface area contributed by atoms with Crippen LogP contribution in [0.2, 0.25) is 0 Å². The van der Waals surface area contributed by atoms with Crippen LogP contribution in [0.15, 0.2) is 42.5 Å². The van der Waals surface area contributed by atoms with Crippen molar-refractivity contribution in [3.63, 3.8) is 0 Å². The molecule has 0 saturated heterocycles. The fourth-order valence-corrected chi connectivity index (χ4v) is 1.49. The van der Waals surface area contributed by atoms with Crippen molar-refractivity contribution in [1.29, 1.82) is 0 Å². The lowest BCUT2D eigenvalue weighted by Gasteiger charge is -2.24. The normalized spacial score (nSPS) is 12.0. The Morgan fingerprint density at radius 2 is 0.667 bits per heavy atom. The van der Waals surface area contributed by atoms with Gasteiger partial charge in [0.2, 0.25) is 11.7 Å². The average molecular weight is 466 g/mol. The van der Waals surface area contributed by atoms with Crippen molar-refractivity contribution in [3.8, 4) is 0 Å². The molecule has 0 heterocycles. The first kappa shape index (κ1) is 27.5. The van der Waals surface area contributed by atoms with Gasteiger partial charge in [-0.05, 0) is 0 Å². The van der Waals surface area contributed by atoms with Gasteiger partial charge in [0.15, 0.2) is 23.3 Å². The van der Waals surface area contributed by atoms with Crippen LogP contribution in [0.25, 0.3) is 0 Å². The summed E-state index contributed by atoms with van der Waals surface area (Å²) in [6.45, 7) is 0. The van der Waals surface area contributed by atoms with Crippen LogP contribution in [-0.4, -0.2) is 18.5 Å². The lowest BCUT2D eigenvalue weighted by atomic mass is 10.1. The second-order valence-electron chi connectivity index (χ2n) is 4.99. The predicted molar refractivity (Wildman–Crippen MR) is 74.3 cm³/mol. The van der Waals surface area contributed by atoms with Crippen LogP contribution >= 0.6 is 0 Å². The SMILES string of the molecule is FC(F)(F)C(C(F)(F)F)C(F)(F)F.Fc1cc(F)c(F)c(F)c1F.c1ccccc1. The fraction of sp³-hybridized carbons (Fsp3) is 0.250. The van der Waals surface area contributed by atoms with E-state index < -0.39 is 53.5 Å². The summed E-state index contributed by atoms with van der Waals surface area (Å²) < 4.78 is 161. The van der Waals surface area contributed by atoms with E-state index in [4.69, 9.17) is 0 Å². The molecule has 0 unspecified atom stereocenters. The molecule has 0 aliphatic carbocycles. The lowest BCUT2D eigenvalue weighted by molar-refractivity contribution is -0.366. The van der Waals surface area contributed by atoms with E-state index in [0.29, 0.717) is 0 Å². The molecule has 0 spiro atoms. The Bertz CT molecular complexity index is 688. The number of hydrogen-bond donors (Lipinski definition) is 0. The van der Waals surface area contributed by atoms with Gasteiger partial charge < -0.3 is 0 Å².